The molecule has 2 heterocycles. The van der Waals surface area contributed by atoms with Crippen LogP contribution < -0.4 is 9.64 Å². The molecule has 1 aliphatic rings. The molecule has 9 heteroatoms. The molecule has 7 nitrogen and oxygen atoms in total. The van der Waals surface area contributed by atoms with E-state index in [4.69, 9.17) is 21.4 Å². The Kier molecular flexibility index (Phi) is 5.26. The van der Waals surface area contributed by atoms with E-state index in [0.717, 1.165) is 22.8 Å². The highest BCUT2D eigenvalue weighted by molar-refractivity contribution is 7.91. The van der Waals surface area contributed by atoms with Crippen LogP contribution in [-0.4, -0.2) is 49.4 Å². The molecule has 1 aromatic carbocycles. The van der Waals surface area contributed by atoms with Gasteiger partial charge in [0.05, 0.1) is 19.4 Å². The molecule has 2 atom stereocenters. The summed E-state index contributed by atoms with van der Waals surface area (Å²) in [5, 5.41) is 4.47. The van der Waals surface area contributed by atoms with Crippen molar-refractivity contribution in [3.63, 3.8) is 0 Å². The zero-order valence-corrected chi connectivity index (χ0v) is 15.9. The van der Waals surface area contributed by atoms with Gasteiger partial charge in [-0.1, -0.05) is 0 Å². The van der Waals surface area contributed by atoms with Crippen molar-refractivity contribution in [3.8, 4) is 17.2 Å². The number of nitrogens with zero attached hydrogens (tertiary/aromatic N) is 2. The molecule has 0 amide bonds. The molecule has 0 aliphatic carbocycles. The van der Waals surface area contributed by atoms with Crippen LogP contribution in [0.25, 0.3) is 11.5 Å². The summed E-state index contributed by atoms with van der Waals surface area (Å²) in [6.45, 7) is 3.33. The Labute approximate surface area is 152 Å². The lowest BCUT2D eigenvalue weighted by Gasteiger charge is -2.22. The first-order valence-electron chi connectivity index (χ1n) is 8.19. The van der Waals surface area contributed by atoms with Crippen LogP contribution in [0.4, 0.5) is 0 Å². The molecule has 0 saturated carbocycles. The van der Waals surface area contributed by atoms with E-state index in [9.17, 15) is 8.42 Å². The van der Waals surface area contributed by atoms with Crippen LogP contribution in [0.3, 0.4) is 0 Å². The summed E-state index contributed by atoms with van der Waals surface area (Å²) in [7, 11) is -1.30. The van der Waals surface area contributed by atoms with Crippen molar-refractivity contribution in [3.05, 3.63) is 29.1 Å². The summed E-state index contributed by atoms with van der Waals surface area (Å²) in [4.78, 5) is 1.43. The summed E-state index contributed by atoms with van der Waals surface area (Å²) < 4.78 is 35.9. The Morgan fingerprint density at radius 2 is 2.12 bits per heavy atom. The maximum absolute atomic E-state index is 11.7. The van der Waals surface area contributed by atoms with Crippen LogP contribution in [0.1, 0.15) is 13.3 Å². The summed E-state index contributed by atoms with van der Waals surface area (Å²) in [6, 6.07) is 7.47. The van der Waals surface area contributed by atoms with Gasteiger partial charge in [-0.2, -0.15) is 4.68 Å². The second kappa shape index (κ2) is 7.27. The molecular formula is C16H22N3O4S2+. The van der Waals surface area contributed by atoms with Crippen LogP contribution in [0, 0.1) is 4.84 Å². The number of nitrogens with one attached hydrogen (secondary N) is 1. The highest BCUT2D eigenvalue weighted by atomic mass is 32.2. The number of rotatable bonds is 6. The lowest BCUT2D eigenvalue weighted by molar-refractivity contribution is -0.943. The molecule has 1 saturated heterocycles. The molecule has 3 rings (SSSR count). The second-order valence-electron chi connectivity index (χ2n) is 6.17. The number of methoxy groups -OCH3 is 1. The van der Waals surface area contributed by atoms with Gasteiger partial charge in [0, 0.05) is 12.0 Å². The SMILES string of the molecule is CC[NH+](Cn1nc(-c2ccc(OC)cc2)oc1=S)[C@@H]1CCS(=O)(=O)C1. The standard InChI is InChI=1S/C16H21N3O4S2/c1-3-18(13-8-9-25(20,21)10-13)11-19-16(24)23-15(17-19)12-4-6-14(22-2)7-5-12/h4-7,13H,3,8-11H2,1-2H3/p+1/t13-/m1/s1. The maximum atomic E-state index is 11.7. The van der Waals surface area contributed by atoms with E-state index in [1.807, 2.05) is 31.2 Å². The summed E-state index contributed by atoms with van der Waals surface area (Å²) in [5.74, 6) is 1.70. The van der Waals surface area contributed by atoms with Gasteiger partial charge in [0.25, 0.3) is 4.84 Å². The van der Waals surface area contributed by atoms with Gasteiger partial charge >= 0.3 is 0 Å². The van der Waals surface area contributed by atoms with E-state index >= 15 is 0 Å². The molecule has 0 radical (unpaired) electrons. The minimum atomic E-state index is -2.91. The van der Waals surface area contributed by atoms with Gasteiger partial charge in [0.1, 0.15) is 17.5 Å². The number of aromatic nitrogens is 2. The zero-order chi connectivity index (χ0) is 18.0. The molecule has 2 aromatic rings. The first-order chi connectivity index (χ1) is 11.9. The topological polar surface area (TPSA) is 78.8 Å². The van der Waals surface area contributed by atoms with Gasteiger partial charge in [-0.05, 0) is 43.4 Å². The fraction of sp³-hybridized carbons (Fsp3) is 0.500. The highest BCUT2D eigenvalue weighted by Crippen LogP contribution is 2.21. The number of ether oxygens (including phenoxy) is 1. The zero-order valence-electron chi connectivity index (χ0n) is 14.3. The molecule has 136 valence electrons. The van der Waals surface area contributed by atoms with Crippen LogP contribution in [0.2, 0.25) is 0 Å². The third-order valence-corrected chi connectivity index (χ3v) is 6.62. The molecule has 1 aliphatic heterocycles. The van der Waals surface area contributed by atoms with Gasteiger partial charge in [-0.3, -0.25) is 0 Å². The van der Waals surface area contributed by atoms with Crippen molar-refractivity contribution in [1.29, 1.82) is 0 Å². The molecule has 0 spiro atoms. The molecule has 25 heavy (non-hydrogen) atoms. The van der Waals surface area contributed by atoms with Gasteiger partial charge < -0.3 is 14.1 Å². The number of sulfone groups is 1. The molecule has 0 bridgehead atoms. The van der Waals surface area contributed by atoms with Crippen molar-refractivity contribution in [2.75, 3.05) is 25.2 Å². The number of hydrogen-bond donors (Lipinski definition) is 1. The molecule has 1 fully saturated rings. The van der Waals surface area contributed by atoms with Gasteiger partial charge in [0.2, 0.25) is 5.89 Å². The number of quaternary nitrogens is 1. The highest BCUT2D eigenvalue weighted by Gasteiger charge is 2.35. The molecule has 1 N–H and O–H groups in total. The maximum Gasteiger partial charge on any atom is 0.292 e. The lowest BCUT2D eigenvalue weighted by Crippen LogP contribution is -3.15. The van der Waals surface area contributed by atoms with Crippen LogP contribution in [-0.2, 0) is 16.5 Å². The Hall–Kier alpha value is -1.71. The van der Waals surface area contributed by atoms with Crippen molar-refractivity contribution >= 4 is 22.1 Å². The summed E-state index contributed by atoms with van der Waals surface area (Å²) >= 11 is 5.29. The first kappa shape index (κ1) is 18.1. The lowest BCUT2D eigenvalue weighted by atomic mass is 10.2. The van der Waals surface area contributed by atoms with E-state index < -0.39 is 9.84 Å². The van der Waals surface area contributed by atoms with Crippen LogP contribution >= 0.6 is 12.2 Å². The first-order valence-corrected chi connectivity index (χ1v) is 10.4. The fourth-order valence-electron chi connectivity index (χ4n) is 3.10. The van der Waals surface area contributed by atoms with Crippen LogP contribution in [0.15, 0.2) is 28.7 Å². The molecule has 1 unspecified atom stereocenters. The number of hydrogen-bond acceptors (Lipinski definition) is 6. The largest absolute Gasteiger partial charge is 0.497 e. The van der Waals surface area contributed by atoms with Crippen molar-refractivity contribution in [2.45, 2.75) is 26.1 Å². The predicted molar refractivity (Wildman–Crippen MR) is 95.9 cm³/mol. The Balaban J connectivity index is 1.78. The Morgan fingerprint density at radius 3 is 2.68 bits per heavy atom. The normalized spacial score (nSPS) is 20.5. The van der Waals surface area contributed by atoms with Crippen molar-refractivity contribution in [2.24, 2.45) is 0 Å². The Morgan fingerprint density at radius 1 is 1.40 bits per heavy atom. The van der Waals surface area contributed by atoms with Gasteiger partial charge in [-0.15, -0.1) is 5.10 Å². The molecule has 1 aromatic heterocycles. The summed E-state index contributed by atoms with van der Waals surface area (Å²) in [5.41, 5.74) is 0.812. The third kappa shape index (κ3) is 4.10. The summed E-state index contributed by atoms with van der Waals surface area (Å²) in [6.07, 6.45) is 0.683. The smallest absolute Gasteiger partial charge is 0.292 e. The second-order valence-corrected chi connectivity index (χ2v) is 8.75. The molecular weight excluding hydrogens is 362 g/mol. The third-order valence-electron chi connectivity index (χ3n) is 4.56. The minimum absolute atomic E-state index is 0.0815. The van der Waals surface area contributed by atoms with Gasteiger partial charge in [0.15, 0.2) is 16.5 Å². The van der Waals surface area contributed by atoms with Crippen molar-refractivity contribution in [1.82, 2.24) is 9.78 Å². The van der Waals surface area contributed by atoms with Crippen molar-refractivity contribution < 1.29 is 22.5 Å². The van der Waals surface area contributed by atoms with Crippen LogP contribution in [0.5, 0.6) is 5.75 Å². The minimum Gasteiger partial charge on any atom is -0.497 e. The average Bonchev–Trinajstić information content (AvgIpc) is 3.15. The van der Waals surface area contributed by atoms with E-state index in [1.54, 1.807) is 11.8 Å². The average molecular weight is 385 g/mol. The van der Waals surface area contributed by atoms with Gasteiger partial charge in [-0.25, -0.2) is 8.42 Å². The van der Waals surface area contributed by atoms with E-state index in [1.165, 1.54) is 0 Å². The van der Waals surface area contributed by atoms with E-state index in [0.29, 0.717) is 19.0 Å². The quantitative estimate of drug-likeness (QED) is 0.747. The predicted octanol–water partition coefficient (Wildman–Crippen LogP) is 0.931. The van der Waals surface area contributed by atoms with E-state index in [-0.39, 0.29) is 22.4 Å². The fourth-order valence-corrected chi connectivity index (χ4v) is 5.11. The Bertz CT molecular complexity index is 887. The number of benzene rings is 1. The monoisotopic (exact) mass is 384 g/mol. The van der Waals surface area contributed by atoms with E-state index in [2.05, 4.69) is 5.10 Å².